The smallest absolute Gasteiger partial charge is 0.276 e. The summed E-state index contributed by atoms with van der Waals surface area (Å²) in [4.78, 5) is 19.8. The molecule has 2 aromatic heterocycles. The highest BCUT2D eigenvalue weighted by Crippen LogP contribution is 2.27. The molecule has 0 saturated carbocycles. The van der Waals surface area contributed by atoms with Gasteiger partial charge in [-0.25, -0.2) is 22.4 Å². The van der Waals surface area contributed by atoms with Crippen LogP contribution in [0.5, 0.6) is 0 Å². The second kappa shape index (κ2) is 4.91. The van der Waals surface area contributed by atoms with Crippen LogP contribution < -0.4 is 5.56 Å². The van der Waals surface area contributed by atoms with Gasteiger partial charge in [0, 0.05) is 19.0 Å². The van der Waals surface area contributed by atoms with Crippen molar-refractivity contribution in [2.45, 2.75) is 39.2 Å². The Balaban J connectivity index is 2.07. The average molecular weight is 337 g/mol. The van der Waals surface area contributed by atoms with Gasteiger partial charge in [-0.1, -0.05) is 0 Å². The maximum absolute atomic E-state index is 12.4. The van der Waals surface area contributed by atoms with Gasteiger partial charge in [0.1, 0.15) is 11.2 Å². The van der Waals surface area contributed by atoms with Gasteiger partial charge < -0.3 is 4.98 Å². The van der Waals surface area contributed by atoms with Crippen LogP contribution in [-0.2, 0) is 15.4 Å². The fourth-order valence-corrected chi connectivity index (χ4v) is 3.65. The average Bonchev–Trinajstić information content (AvgIpc) is 2.62. The molecule has 0 radical (unpaired) electrons. The first-order valence-corrected chi connectivity index (χ1v) is 9.28. The zero-order valence-corrected chi connectivity index (χ0v) is 14.7. The maximum Gasteiger partial charge on any atom is 0.276 e. The topological polar surface area (TPSA) is 101 Å². The summed E-state index contributed by atoms with van der Waals surface area (Å²) in [7, 11) is -2.01. The van der Waals surface area contributed by atoms with Crippen LogP contribution in [0.2, 0.25) is 0 Å². The van der Waals surface area contributed by atoms with Crippen molar-refractivity contribution in [3.05, 3.63) is 21.9 Å². The number of nitrogens with zero attached hydrogens (tertiary/aromatic N) is 4. The quantitative estimate of drug-likeness (QED) is 0.742. The maximum atomic E-state index is 12.4. The molecule has 10 heteroatoms. The van der Waals surface area contributed by atoms with Crippen LogP contribution in [0.25, 0.3) is 11.0 Å². The van der Waals surface area contributed by atoms with E-state index in [-0.39, 0.29) is 17.0 Å². The van der Waals surface area contributed by atoms with Crippen LogP contribution >= 0.6 is 0 Å². The van der Waals surface area contributed by atoms with E-state index in [4.69, 9.17) is 0 Å². The lowest BCUT2D eigenvalue weighted by molar-refractivity contribution is 0.260. The molecule has 0 unspecified atom stereocenters. The molecule has 0 spiro atoms. The van der Waals surface area contributed by atoms with E-state index in [1.54, 1.807) is 11.6 Å². The first kappa shape index (κ1) is 16.2. The van der Waals surface area contributed by atoms with Gasteiger partial charge in [0.05, 0.1) is 11.2 Å². The molecule has 1 saturated heterocycles. The normalized spacial score (nSPS) is 17.6. The second-order valence-electron chi connectivity index (χ2n) is 7.09. The predicted octanol–water partition coefficient (Wildman–Crippen LogP) is -0.540. The van der Waals surface area contributed by atoms with Gasteiger partial charge in [0.15, 0.2) is 15.5 Å². The molecule has 3 heterocycles. The molecule has 2 aromatic rings. The molecule has 0 bridgehead atoms. The number of aromatic amines is 1. The molecule has 0 amide bonds. The zero-order chi connectivity index (χ0) is 17.2. The van der Waals surface area contributed by atoms with Crippen molar-refractivity contribution in [2.75, 3.05) is 13.1 Å². The van der Waals surface area contributed by atoms with Crippen molar-refractivity contribution in [1.29, 1.82) is 0 Å². The first-order valence-electron chi connectivity index (χ1n) is 7.43. The van der Waals surface area contributed by atoms with E-state index < -0.39 is 9.87 Å². The van der Waals surface area contributed by atoms with Gasteiger partial charge in [-0.15, -0.1) is 0 Å². The molecule has 0 aromatic carbocycles. The van der Waals surface area contributed by atoms with E-state index in [1.807, 2.05) is 20.8 Å². The number of hydrogen-bond acceptors (Lipinski definition) is 5. The number of nitrogens with one attached hydrogen (secondary N) is 1. The van der Waals surface area contributed by atoms with E-state index in [0.717, 1.165) is 0 Å². The van der Waals surface area contributed by atoms with E-state index >= 15 is 0 Å². The lowest BCUT2D eigenvalue weighted by atomic mass is 10.0. The predicted molar refractivity (Wildman–Crippen MR) is 89.7 cm³/mol. The Morgan fingerprint density at radius 1 is 1.30 bits per heavy atom. The third-order valence-electron chi connectivity index (χ3n) is 4.07. The van der Waals surface area contributed by atoms with Gasteiger partial charge in [-0.2, -0.15) is 5.10 Å². The number of H-pyrrole nitrogens is 1. The van der Waals surface area contributed by atoms with Crippen molar-refractivity contribution in [3.8, 4) is 0 Å². The van der Waals surface area contributed by atoms with Gasteiger partial charge in [-0.05, 0) is 27.7 Å². The fraction of sp³-hybridized carbons (Fsp3) is 0.615. The summed E-state index contributed by atoms with van der Waals surface area (Å²) in [5, 5.41) is 4.94. The minimum atomic E-state index is -3.19. The number of fused-ring (bicyclic) bond motifs is 1. The lowest BCUT2D eigenvalue weighted by Crippen LogP contribution is -2.49. The van der Waals surface area contributed by atoms with Crippen molar-refractivity contribution < 1.29 is 8.42 Å². The molecule has 0 atom stereocenters. The van der Waals surface area contributed by atoms with Gasteiger partial charge in [-0.3, -0.25) is 4.79 Å². The second-order valence-corrected chi connectivity index (χ2v) is 9.08. The number of aryl methyl sites for hydroxylation is 1. The van der Waals surface area contributed by atoms with E-state index in [2.05, 4.69) is 15.1 Å². The highest BCUT2D eigenvalue weighted by molar-refractivity contribution is 8.10. The molecular weight excluding hydrogens is 317 g/mol. The molecule has 8 nitrogen and oxygen atoms in total. The molecular formula is C13H20BN5O3S. The summed E-state index contributed by atoms with van der Waals surface area (Å²) in [6, 6.07) is 0. The molecule has 3 rings (SSSR count). The largest absolute Gasteiger partial charge is 0.310 e. The van der Waals surface area contributed by atoms with E-state index in [0.29, 0.717) is 35.6 Å². The summed E-state index contributed by atoms with van der Waals surface area (Å²) < 4.78 is 26.1. The minimum absolute atomic E-state index is 0.0922. The van der Waals surface area contributed by atoms with E-state index in [1.165, 1.54) is 11.4 Å². The van der Waals surface area contributed by atoms with Gasteiger partial charge >= 0.3 is 0 Å². The van der Waals surface area contributed by atoms with Gasteiger partial charge in [0.2, 0.25) is 0 Å². The standard InChI is InChI=1S/C13H20BN5O3S/c1-7-9-11(19(17-7)13(2,3)4)15-10(16-12(9)20)8-5-18(6-8)23(14,21)22/h8H,5-6,14H2,1-4H3,(H,15,16,20). The van der Waals surface area contributed by atoms with Crippen LogP contribution in [0.1, 0.15) is 38.2 Å². The summed E-state index contributed by atoms with van der Waals surface area (Å²) in [6.45, 7) is 8.46. The number of hydrogen-bond donors (Lipinski definition) is 1. The zero-order valence-electron chi connectivity index (χ0n) is 13.9. The van der Waals surface area contributed by atoms with Crippen LogP contribution in [0.15, 0.2) is 4.79 Å². The summed E-state index contributed by atoms with van der Waals surface area (Å²) in [6.07, 6.45) is 0. The summed E-state index contributed by atoms with van der Waals surface area (Å²) >= 11 is 0. The monoisotopic (exact) mass is 337 g/mol. The Bertz CT molecular complexity index is 935. The van der Waals surface area contributed by atoms with Crippen molar-refractivity contribution in [1.82, 2.24) is 24.1 Å². The molecule has 1 N–H and O–H groups in total. The Kier molecular flexibility index (Phi) is 3.46. The van der Waals surface area contributed by atoms with Crippen LogP contribution in [-0.4, -0.2) is 52.7 Å². The minimum Gasteiger partial charge on any atom is -0.310 e. The fourth-order valence-electron chi connectivity index (χ4n) is 2.75. The Morgan fingerprint density at radius 2 is 1.91 bits per heavy atom. The highest BCUT2D eigenvalue weighted by atomic mass is 32.2. The van der Waals surface area contributed by atoms with E-state index in [9.17, 15) is 13.2 Å². The summed E-state index contributed by atoms with van der Waals surface area (Å²) in [5.41, 5.74) is 0.659. The third kappa shape index (κ3) is 2.69. The van der Waals surface area contributed by atoms with Crippen molar-refractivity contribution in [3.63, 3.8) is 0 Å². The van der Waals surface area contributed by atoms with Gasteiger partial charge in [0.25, 0.3) is 12.7 Å². The number of aromatic nitrogens is 4. The summed E-state index contributed by atoms with van der Waals surface area (Å²) in [5.74, 6) is 0.429. The lowest BCUT2D eigenvalue weighted by Gasteiger charge is -2.36. The van der Waals surface area contributed by atoms with Crippen LogP contribution in [0, 0.1) is 6.92 Å². The van der Waals surface area contributed by atoms with Crippen LogP contribution in [0.3, 0.4) is 0 Å². The molecule has 0 aliphatic carbocycles. The van der Waals surface area contributed by atoms with Crippen molar-refractivity contribution >= 4 is 28.0 Å². The first-order chi connectivity index (χ1) is 10.5. The Morgan fingerprint density at radius 3 is 2.43 bits per heavy atom. The Labute approximate surface area is 135 Å². The SMILES string of the molecule is BS(=O)(=O)N1CC(c2nc3c(c(C)nn3C(C)(C)C)c(=O)[nH]2)C1. The van der Waals surface area contributed by atoms with Crippen LogP contribution in [0.4, 0.5) is 0 Å². The number of rotatable bonds is 2. The molecule has 1 aliphatic rings. The molecule has 23 heavy (non-hydrogen) atoms. The molecule has 1 fully saturated rings. The van der Waals surface area contributed by atoms with Crippen molar-refractivity contribution in [2.24, 2.45) is 0 Å². The highest BCUT2D eigenvalue weighted by Gasteiger charge is 2.36. The molecule has 1 aliphatic heterocycles. The Hall–Kier alpha value is -1.68. The molecule has 124 valence electrons. The third-order valence-corrected chi connectivity index (χ3v) is 5.31.